The molecule has 0 aliphatic carbocycles. The molecule has 3 heteroatoms. The fourth-order valence-corrected chi connectivity index (χ4v) is 2.78. The molecule has 0 bridgehead atoms. The Bertz CT molecular complexity index is 605. The molecule has 94 valence electrons. The highest BCUT2D eigenvalue weighted by molar-refractivity contribution is 8.13. The van der Waals surface area contributed by atoms with Crippen molar-refractivity contribution >= 4 is 27.8 Å². The Balaban J connectivity index is 2.58. The van der Waals surface area contributed by atoms with E-state index in [0.29, 0.717) is 0 Å². The lowest BCUT2D eigenvalue weighted by atomic mass is 10.0. The molecule has 0 atom stereocenters. The Morgan fingerprint density at radius 1 is 1.00 bits per heavy atom. The van der Waals surface area contributed by atoms with E-state index in [1.165, 1.54) is 22.7 Å². The average Bonchev–Trinajstić information content (AvgIpc) is 2.32. The first-order valence-corrected chi connectivity index (χ1v) is 6.70. The molecule has 0 unspecified atom stereocenters. The zero-order chi connectivity index (χ0) is 13.3. The van der Waals surface area contributed by atoms with E-state index in [1.807, 2.05) is 13.0 Å². The largest absolute Gasteiger partial charge is 0.339 e. The summed E-state index contributed by atoms with van der Waals surface area (Å²) in [6.45, 7) is 4.15. The number of hydrogen-bond donors (Lipinski definition) is 0. The van der Waals surface area contributed by atoms with Crippen molar-refractivity contribution in [2.45, 2.75) is 18.7 Å². The van der Waals surface area contributed by atoms with Crippen molar-refractivity contribution in [1.29, 1.82) is 0 Å². The average molecular weight is 259 g/mol. The van der Waals surface area contributed by atoms with Gasteiger partial charge in [-0.15, -0.1) is 0 Å². The molecule has 0 saturated carbocycles. The van der Waals surface area contributed by atoms with Crippen molar-refractivity contribution < 1.29 is 4.79 Å². The summed E-state index contributed by atoms with van der Waals surface area (Å²) in [6, 6.07) is 10.4. The third kappa shape index (κ3) is 2.36. The number of hydrogen-bond acceptors (Lipinski definition) is 2. The zero-order valence-corrected chi connectivity index (χ0v) is 12.0. The number of carbonyl (C=O) groups excluding carboxylic acids is 1. The van der Waals surface area contributed by atoms with Crippen LogP contribution >= 0.6 is 11.8 Å². The Kier molecular flexibility index (Phi) is 3.62. The second-order valence-corrected chi connectivity index (χ2v) is 5.61. The third-order valence-corrected chi connectivity index (χ3v) is 4.27. The summed E-state index contributed by atoms with van der Waals surface area (Å²) in [5.74, 6) is 0. The lowest BCUT2D eigenvalue weighted by Crippen LogP contribution is -2.16. The van der Waals surface area contributed by atoms with E-state index in [9.17, 15) is 4.79 Å². The molecule has 2 aromatic rings. The van der Waals surface area contributed by atoms with Gasteiger partial charge in [0.1, 0.15) is 0 Å². The molecule has 0 saturated heterocycles. The molecular formula is C15H17NOS. The van der Waals surface area contributed by atoms with Crippen molar-refractivity contribution in [3.63, 3.8) is 0 Å². The number of carbonyl (C=O) groups is 1. The smallest absolute Gasteiger partial charge is 0.285 e. The van der Waals surface area contributed by atoms with Gasteiger partial charge >= 0.3 is 0 Å². The van der Waals surface area contributed by atoms with E-state index in [2.05, 4.69) is 31.2 Å². The molecule has 0 fully saturated rings. The Morgan fingerprint density at radius 3 is 2.39 bits per heavy atom. The molecule has 0 aromatic heterocycles. The Morgan fingerprint density at radius 2 is 1.72 bits per heavy atom. The monoisotopic (exact) mass is 259 g/mol. The van der Waals surface area contributed by atoms with Gasteiger partial charge in [0, 0.05) is 19.0 Å². The Labute approximate surface area is 112 Å². The predicted molar refractivity (Wildman–Crippen MR) is 78.4 cm³/mol. The van der Waals surface area contributed by atoms with Gasteiger partial charge in [0.2, 0.25) is 0 Å². The van der Waals surface area contributed by atoms with Gasteiger partial charge in [-0.3, -0.25) is 4.79 Å². The number of thioether (sulfide) groups is 1. The number of rotatable bonds is 1. The first-order chi connectivity index (χ1) is 8.50. The third-order valence-electron chi connectivity index (χ3n) is 2.98. The van der Waals surface area contributed by atoms with Crippen molar-refractivity contribution in [2.75, 3.05) is 14.1 Å². The minimum Gasteiger partial charge on any atom is -0.339 e. The van der Waals surface area contributed by atoms with Crippen LogP contribution in [-0.4, -0.2) is 24.2 Å². The van der Waals surface area contributed by atoms with Crippen molar-refractivity contribution in [3.8, 4) is 0 Å². The fraction of sp³-hybridized carbons (Fsp3) is 0.267. The lowest BCUT2D eigenvalue weighted by Gasteiger charge is -2.13. The summed E-state index contributed by atoms with van der Waals surface area (Å²) in [4.78, 5) is 14.6. The summed E-state index contributed by atoms with van der Waals surface area (Å²) in [5.41, 5.74) is 2.39. The van der Waals surface area contributed by atoms with Crippen LogP contribution in [-0.2, 0) is 0 Å². The predicted octanol–water partition coefficient (Wildman–Crippen LogP) is 4.23. The van der Waals surface area contributed by atoms with Crippen LogP contribution in [0.2, 0.25) is 0 Å². The first kappa shape index (κ1) is 13.0. The maximum atomic E-state index is 11.9. The number of fused-ring (bicyclic) bond motifs is 1. The second-order valence-electron chi connectivity index (χ2n) is 4.64. The second kappa shape index (κ2) is 5.02. The maximum absolute atomic E-state index is 11.9. The molecule has 2 aromatic carbocycles. The molecule has 0 radical (unpaired) electrons. The van der Waals surface area contributed by atoms with Crippen LogP contribution in [0.5, 0.6) is 0 Å². The van der Waals surface area contributed by atoms with Crippen LogP contribution in [0.3, 0.4) is 0 Å². The molecule has 0 aliphatic rings. The summed E-state index contributed by atoms with van der Waals surface area (Å²) < 4.78 is 0. The molecule has 2 nitrogen and oxygen atoms in total. The minimum atomic E-state index is 0.0621. The fourth-order valence-electron chi connectivity index (χ4n) is 1.91. The van der Waals surface area contributed by atoms with Gasteiger partial charge in [0.25, 0.3) is 5.24 Å². The Hall–Kier alpha value is -1.48. The topological polar surface area (TPSA) is 20.3 Å². The molecule has 1 amide bonds. The molecule has 0 spiro atoms. The van der Waals surface area contributed by atoms with Gasteiger partial charge < -0.3 is 4.90 Å². The SMILES string of the molecule is Cc1ccc2c(C)cccc2c1SC(=O)N(C)C. The van der Waals surface area contributed by atoms with E-state index in [0.717, 1.165) is 15.8 Å². The number of amides is 1. The van der Waals surface area contributed by atoms with Gasteiger partial charge in [-0.2, -0.15) is 0 Å². The van der Waals surface area contributed by atoms with Crippen LogP contribution in [0.25, 0.3) is 10.8 Å². The van der Waals surface area contributed by atoms with E-state index in [-0.39, 0.29) is 5.24 Å². The van der Waals surface area contributed by atoms with E-state index >= 15 is 0 Å². The van der Waals surface area contributed by atoms with Gasteiger partial charge in [-0.1, -0.05) is 30.3 Å². The molecule has 0 aliphatic heterocycles. The summed E-state index contributed by atoms with van der Waals surface area (Å²) in [6.07, 6.45) is 0. The van der Waals surface area contributed by atoms with Crippen LogP contribution in [0, 0.1) is 13.8 Å². The summed E-state index contributed by atoms with van der Waals surface area (Å²) >= 11 is 1.30. The van der Waals surface area contributed by atoms with Crippen LogP contribution < -0.4 is 0 Å². The first-order valence-electron chi connectivity index (χ1n) is 5.89. The van der Waals surface area contributed by atoms with E-state index < -0.39 is 0 Å². The molecule has 18 heavy (non-hydrogen) atoms. The highest BCUT2D eigenvalue weighted by atomic mass is 32.2. The lowest BCUT2D eigenvalue weighted by molar-refractivity contribution is 0.241. The highest BCUT2D eigenvalue weighted by Gasteiger charge is 2.12. The van der Waals surface area contributed by atoms with Gasteiger partial charge in [-0.05, 0) is 47.5 Å². The summed E-state index contributed by atoms with van der Waals surface area (Å²) in [7, 11) is 3.56. The van der Waals surface area contributed by atoms with Crippen LogP contribution in [0.4, 0.5) is 4.79 Å². The molecular weight excluding hydrogens is 242 g/mol. The van der Waals surface area contributed by atoms with Gasteiger partial charge in [-0.25, -0.2) is 0 Å². The molecule has 0 heterocycles. The minimum absolute atomic E-state index is 0.0621. The standard InChI is InChI=1S/C15H17NOS/c1-10-6-5-7-13-12(10)9-8-11(2)14(13)18-15(17)16(3)4/h5-9H,1-4H3. The van der Waals surface area contributed by atoms with Gasteiger partial charge in [0.05, 0.1) is 0 Å². The van der Waals surface area contributed by atoms with Crippen molar-refractivity contribution in [3.05, 3.63) is 41.5 Å². The van der Waals surface area contributed by atoms with Crippen LogP contribution in [0.15, 0.2) is 35.2 Å². The molecule has 0 N–H and O–H groups in total. The van der Waals surface area contributed by atoms with Crippen molar-refractivity contribution in [1.82, 2.24) is 4.90 Å². The quantitative estimate of drug-likeness (QED) is 0.714. The zero-order valence-electron chi connectivity index (χ0n) is 11.2. The normalized spacial score (nSPS) is 10.7. The van der Waals surface area contributed by atoms with Crippen LogP contribution in [0.1, 0.15) is 11.1 Å². The maximum Gasteiger partial charge on any atom is 0.285 e. The summed E-state index contributed by atoms with van der Waals surface area (Å²) in [5, 5.41) is 2.44. The van der Waals surface area contributed by atoms with E-state index in [1.54, 1.807) is 19.0 Å². The van der Waals surface area contributed by atoms with Crippen molar-refractivity contribution in [2.24, 2.45) is 0 Å². The molecule has 2 rings (SSSR count). The number of benzene rings is 2. The highest BCUT2D eigenvalue weighted by Crippen LogP contribution is 2.33. The number of aryl methyl sites for hydroxylation is 2. The van der Waals surface area contributed by atoms with Gasteiger partial charge in [0.15, 0.2) is 0 Å². The number of nitrogens with zero attached hydrogens (tertiary/aromatic N) is 1. The van der Waals surface area contributed by atoms with E-state index in [4.69, 9.17) is 0 Å².